The maximum atomic E-state index is 12.1. The van der Waals surface area contributed by atoms with Gasteiger partial charge in [0.05, 0.1) is 6.54 Å². The van der Waals surface area contributed by atoms with Crippen molar-refractivity contribution in [1.29, 1.82) is 0 Å². The molecule has 0 aromatic heterocycles. The van der Waals surface area contributed by atoms with E-state index in [0.29, 0.717) is 31.0 Å². The van der Waals surface area contributed by atoms with Crippen LogP contribution in [0.4, 0.5) is 9.57 Å². The number of amides is 1. The summed E-state index contributed by atoms with van der Waals surface area (Å²) >= 11 is 0.308. The Morgan fingerprint density at radius 3 is 2.53 bits per heavy atom. The second kappa shape index (κ2) is 8.17. The van der Waals surface area contributed by atoms with E-state index >= 15 is 0 Å². The van der Waals surface area contributed by atoms with Crippen LogP contribution < -0.4 is 5.32 Å². The minimum atomic E-state index is -0.0527. The molecule has 0 bridgehead atoms. The number of halogens is 1. The molecule has 0 spiro atoms. The van der Waals surface area contributed by atoms with E-state index in [-0.39, 0.29) is 5.91 Å². The van der Waals surface area contributed by atoms with Gasteiger partial charge in [0, 0.05) is 30.1 Å². The predicted molar refractivity (Wildman–Crippen MR) is 80.2 cm³/mol. The van der Waals surface area contributed by atoms with Gasteiger partial charge in [-0.25, -0.2) is 0 Å². The monoisotopic (exact) mass is 284 g/mol. The average molecular weight is 284 g/mol. The summed E-state index contributed by atoms with van der Waals surface area (Å²) in [4.78, 5) is 13.9. The highest BCUT2D eigenvalue weighted by Crippen LogP contribution is 2.19. The lowest BCUT2D eigenvalue weighted by Gasteiger charge is -2.19. The zero-order valence-electron chi connectivity index (χ0n) is 11.7. The summed E-state index contributed by atoms with van der Waals surface area (Å²) in [5.41, 5.74) is 2.98. The largest absolute Gasteiger partial charge is 0.324 e. The zero-order valence-corrected chi connectivity index (χ0v) is 12.5. The van der Waals surface area contributed by atoms with Crippen molar-refractivity contribution in [2.75, 3.05) is 30.7 Å². The van der Waals surface area contributed by atoms with Crippen molar-refractivity contribution < 1.29 is 8.68 Å². The van der Waals surface area contributed by atoms with Crippen LogP contribution in [0.2, 0.25) is 0 Å². The van der Waals surface area contributed by atoms with Gasteiger partial charge in [-0.3, -0.25) is 9.69 Å². The molecule has 0 aliphatic heterocycles. The summed E-state index contributed by atoms with van der Waals surface area (Å²) in [5, 5.41) is 2.94. The molecule has 106 valence electrons. The molecule has 0 fully saturated rings. The Balaban J connectivity index is 2.59. The summed E-state index contributed by atoms with van der Waals surface area (Å²) in [7, 11) is 0. The molecule has 0 aliphatic rings. The molecule has 0 unspecified atom stereocenters. The molecule has 0 saturated heterocycles. The fourth-order valence-corrected chi connectivity index (χ4v) is 2.23. The number of carbonyl (C=O) groups is 1. The lowest BCUT2D eigenvalue weighted by molar-refractivity contribution is -0.117. The van der Waals surface area contributed by atoms with Gasteiger partial charge in [0.1, 0.15) is 0 Å². The zero-order chi connectivity index (χ0) is 14.3. The second-order valence-corrected chi connectivity index (χ2v) is 5.12. The van der Waals surface area contributed by atoms with E-state index < -0.39 is 0 Å². The SMILES string of the molecule is CCN(CCSF)CC(=O)Nc1c(C)cccc1C. The Kier molecular flexibility index (Phi) is 6.87. The predicted octanol–water partition coefficient (Wildman–Crippen LogP) is 3.18. The molecule has 0 radical (unpaired) electrons. The molecular formula is C14H21FN2OS. The third-order valence-corrected chi connectivity index (χ3v) is 3.38. The van der Waals surface area contributed by atoms with E-state index in [0.717, 1.165) is 23.4 Å². The first-order valence-corrected chi connectivity index (χ1v) is 7.29. The van der Waals surface area contributed by atoms with E-state index in [4.69, 9.17) is 0 Å². The van der Waals surface area contributed by atoms with Crippen LogP contribution >= 0.6 is 12.1 Å². The standard InChI is InChI=1S/C14H21FN2OS/c1-4-17(8-9-19-15)10-13(18)16-14-11(2)6-5-7-12(14)3/h5-7H,4,8-10H2,1-3H3,(H,16,18). The second-order valence-electron chi connectivity index (χ2n) is 4.50. The molecule has 1 aromatic rings. The first-order chi connectivity index (χ1) is 9.08. The van der Waals surface area contributed by atoms with Crippen LogP contribution in [0, 0.1) is 13.8 Å². The van der Waals surface area contributed by atoms with Gasteiger partial charge in [0.2, 0.25) is 5.91 Å². The van der Waals surface area contributed by atoms with Gasteiger partial charge < -0.3 is 5.32 Å². The van der Waals surface area contributed by atoms with E-state index in [2.05, 4.69) is 5.32 Å². The summed E-state index contributed by atoms with van der Waals surface area (Å²) in [6.07, 6.45) is 0. The fraction of sp³-hybridized carbons (Fsp3) is 0.500. The van der Waals surface area contributed by atoms with E-state index in [1.54, 1.807) is 0 Å². The van der Waals surface area contributed by atoms with Crippen LogP contribution in [0.15, 0.2) is 18.2 Å². The highest BCUT2D eigenvalue weighted by molar-refractivity contribution is 7.94. The van der Waals surface area contributed by atoms with Crippen molar-refractivity contribution >= 4 is 23.7 Å². The molecule has 3 nitrogen and oxygen atoms in total. The average Bonchev–Trinajstić information content (AvgIpc) is 2.39. The van der Waals surface area contributed by atoms with Gasteiger partial charge in [-0.05, 0) is 31.5 Å². The summed E-state index contributed by atoms with van der Waals surface area (Å²) in [6, 6.07) is 5.91. The van der Waals surface area contributed by atoms with Crippen LogP contribution in [0.1, 0.15) is 18.1 Å². The number of carbonyl (C=O) groups excluding carboxylic acids is 1. The number of anilines is 1. The first-order valence-electron chi connectivity index (χ1n) is 6.40. The topological polar surface area (TPSA) is 32.3 Å². The van der Waals surface area contributed by atoms with Gasteiger partial charge in [0.15, 0.2) is 0 Å². The number of hydrogen-bond acceptors (Lipinski definition) is 3. The highest BCUT2D eigenvalue weighted by atomic mass is 32.2. The first kappa shape index (κ1) is 16.0. The maximum Gasteiger partial charge on any atom is 0.238 e. The van der Waals surface area contributed by atoms with Gasteiger partial charge >= 0.3 is 0 Å². The number of likely N-dealkylation sites (N-methyl/N-ethyl adjacent to an activating group) is 1. The number of rotatable bonds is 7. The van der Waals surface area contributed by atoms with E-state index in [1.807, 2.05) is 43.9 Å². The number of hydrogen-bond donors (Lipinski definition) is 1. The molecular weight excluding hydrogens is 263 g/mol. The Morgan fingerprint density at radius 1 is 1.37 bits per heavy atom. The van der Waals surface area contributed by atoms with E-state index in [1.165, 1.54) is 0 Å². The molecule has 5 heteroatoms. The third kappa shape index (κ3) is 5.20. The Morgan fingerprint density at radius 2 is 2.00 bits per heavy atom. The van der Waals surface area contributed by atoms with Crippen LogP contribution in [-0.4, -0.2) is 36.2 Å². The molecule has 1 amide bonds. The van der Waals surface area contributed by atoms with Crippen LogP contribution in [0.25, 0.3) is 0 Å². The number of nitrogens with zero attached hydrogens (tertiary/aromatic N) is 1. The molecule has 1 rings (SSSR count). The molecule has 1 N–H and O–H groups in total. The summed E-state index contributed by atoms with van der Waals surface area (Å²) < 4.78 is 12.1. The van der Waals surface area contributed by atoms with Gasteiger partial charge in [-0.1, -0.05) is 25.1 Å². The van der Waals surface area contributed by atoms with Gasteiger partial charge in [-0.2, -0.15) is 3.89 Å². The number of para-hydroxylation sites is 1. The van der Waals surface area contributed by atoms with Crippen LogP contribution in [-0.2, 0) is 4.79 Å². The van der Waals surface area contributed by atoms with Crippen molar-refractivity contribution in [3.63, 3.8) is 0 Å². The Bertz CT molecular complexity index is 406. The molecule has 0 saturated carbocycles. The maximum absolute atomic E-state index is 12.1. The Labute approximate surface area is 118 Å². The minimum Gasteiger partial charge on any atom is -0.324 e. The van der Waals surface area contributed by atoms with Crippen molar-refractivity contribution in [2.24, 2.45) is 0 Å². The van der Waals surface area contributed by atoms with Gasteiger partial charge in [-0.15, -0.1) is 0 Å². The molecule has 19 heavy (non-hydrogen) atoms. The smallest absolute Gasteiger partial charge is 0.238 e. The third-order valence-electron chi connectivity index (χ3n) is 3.04. The minimum absolute atomic E-state index is 0.0527. The highest BCUT2D eigenvalue weighted by Gasteiger charge is 2.11. The van der Waals surface area contributed by atoms with E-state index in [9.17, 15) is 8.68 Å². The quantitative estimate of drug-likeness (QED) is 0.834. The van der Waals surface area contributed by atoms with Crippen LogP contribution in [0.3, 0.4) is 0 Å². The number of aryl methyl sites for hydroxylation is 2. The van der Waals surface area contributed by atoms with Crippen molar-refractivity contribution in [1.82, 2.24) is 4.90 Å². The molecule has 0 aliphatic carbocycles. The normalized spacial score (nSPS) is 10.8. The van der Waals surface area contributed by atoms with Gasteiger partial charge in [0.25, 0.3) is 0 Å². The summed E-state index contributed by atoms with van der Waals surface area (Å²) in [6.45, 7) is 7.53. The van der Waals surface area contributed by atoms with Crippen molar-refractivity contribution in [2.45, 2.75) is 20.8 Å². The lowest BCUT2D eigenvalue weighted by atomic mass is 10.1. The molecule has 1 aromatic carbocycles. The fourth-order valence-electron chi connectivity index (χ4n) is 1.91. The van der Waals surface area contributed by atoms with Crippen LogP contribution in [0.5, 0.6) is 0 Å². The molecule has 0 atom stereocenters. The number of benzene rings is 1. The lowest BCUT2D eigenvalue weighted by Crippen LogP contribution is -2.34. The molecule has 0 heterocycles. The Hall–Kier alpha value is -1.07. The van der Waals surface area contributed by atoms with Crippen molar-refractivity contribution in [3.05, 3.63) is 29.3 Å². The van der Waals surface area contributed by atoms with Crippen molar-refractivity contribution in [3.8, 4) is 0 Å². The number of nitrogens with one attached hydrogen (secondary N) is 1. The summed E-state index contributed by atoms with van der Waals surface area (Å²) in [5.74, 6) is 0.341.